The van der Waals surface area contributed by atoms with Gasteiger partial charge in [-0.15, -0.1) is 0 Å². The summed E-state index contributed by atoms with van der Waals surface area (Å²) in [4.78, 5) is 26.6. The van der Waals surface area contributed by atoms with Gasteiger partial charge in [-0.05, 0) is 58.1 Å². The molecule has 0 aromatic heterocycles. The van der Waals surface area contributed by atoms with Gasteiger partial charge < -0.3 is 4.74 Å². The molecule has 1 aliphatic heterocycles. The molecule has 1 aromatic carbocycles. The fourth-order valence-corrected chi connectivity index (χ4v) is 2.97. The molecule has 1 atom stereocenters. The maximum Gasteiger partial charge on any atom is 0.417 e. The van der Waals surface area contributed by atoms with Crippen LogP contribution in [0.1, 0.15) is 33.3 Å². The van der Waals surface area contributed by atoms with E-state index in [1.807, 2.05) is 0 Å². The molecular weight excluding hydrogens is 393 g/mol. The van der Waals surface area contributed by atoms with E-state index in [1.165, 1.54) is 13.0 Å². The van der Waals surface area contributed by atoms with Gasteiger partial charge in [-0.2, -0.15) is 13.2 Å². The van der Waals surface area contributed by atoms with Crippen LogP contribution in [0.5, 0.6) is 0 Å². The van der Waals surface area contributed by atoms with Crippen molar-refractivity contribution in [2.24, 2.45) is 0 Å². The first kappa shape index (κ1) is 20.4. The zero-order valence-corrected chi connectivity index (χ0v) is 15.9. The van der Waals surface area contributed by atoms with Crippen LogP contribution in [0.25, 0.3) is 0 Å². The van der Waals surface area contributed by atoms with Crippen molar-refractivity contribution in [2.75, 3.05) is 4.90 Å². The molecule has 0 saturated carbocycles. The smallest absolute Gasteiger partial charge is 0.417 e. The highest BCUT2D eigenvalue weighted by atomic mass is 35.5. The summed E-state index contributed by atoms with van der Waals surface area (Å²) >= 11 is 10.7. The maximum absolute atomic E-state index is 13.1. The van der Waals surface area contributed by atoms with E-state index in [-0.39, 0.29) is 10.8 Å². The second kappa shape index (κ2) is 6.70. The van der Waals surface area contributed by atoms with Gasteiger partial charge in [0.25, 0.3) is 5.91 Å². The third-order valence-corrected chi connectivity index (χ3v) is 4.18. The fraction of sp³-hybridized carbons (Fsp3) is 0.438. The van der Waals surface area contributed by atoms with Gasteiger partial charge in [0.05, 0.1) is 16.3 Å². The molecule has 5 nitrogen and oxygen atoms in total. The molecule has 1 unspecified atom stereocenters. The Labute approximate surface area is 158 Å². The third kappa shape index (κ3) is 3.93. The summed E-state index contributed by atoms with van der Waals surface area (Å²) < 4.78 is 44.4. The highest BCUT2D eigenvalue weighted by molar-refractivity contribution is 7.80. The molecule has 0 N–H and O–H groups in total. The van der Waals surface area contributed by atoms with Crippen LogP contribution in [0.15, 0.2) is 18.2 Å². The van der Waals surface area contributed by atoms with Crippen molar-refractivity contribution >= 4 is 46.6 Å². The van der Waals surface area contributed by atoms with Crippen LogP contribution in [0.3, 0.4) is 0 Å². The molecule has 0 radical (unpaired) electrons. The SMILES string of the molecule is CC1C(=O)N(c2ccc(Cl)c(C(F)(F)F)c2)C(=S)N1C(=O)OC(C)(C)C. The van der Waals surface area contributed by atoms with Crippen LogP contribution >= 0.6 is 23.8 Å². The highest BCUT2D eigenvalue weighted by Crippen LogP contribution is 2.38. The summed E-state index contributed by atoms with van der Waals surface area (Å²) in [5, 5.41) is -0.761. The summed E-state index contributed by atoms with van der Waals surface area (Å²) in [7, 11) is 0. The second-order valence-electron chi connectivity index (χ2n) is 6.64. The molecule has 1 aliphatic rings. The normalized spacial score (nSPS) is 18.5. The Bertz CT molecular complexity index is 777. The Morgan fingerprint density at radius 3 is 2.35 bits per heavy atom. The number of halogens is 4. The van der Waals surface area contributed by atoms with Crippen molar-refractivity contribution in [3.63, 3.8) is 0 Å². The summed E-state index contributed by atoms with van der Waals surface area (Å²) in [6.07, 6.45) is -5.55. The van der Waals surface area contributed by atoms with Crippen LogP contribution in [-0.2, 0) is 15.7 Å². The molecular formula is C16H16ClF3N2O3S. The van der Waals surface area contributed by atoms with Gasteiger partial charge in [0.2, 0.25) is 0 Å². The summed E-state index contributed by atoms with van der Waals surface area (Å²) in [6, 6.07) is 1.96. The minimum Gasteiger partial charge on any atom is -0.443 e. The number of ether oxygens (including phenoxy) is 1. The van der Waals surface area contributed by atoms with E-state index in [2.05, 4.69) is 0 Å². The number of thiocarbonyl (C=S) groups is 1. The molecule has 0 aliphatic carbocycles. The van der Waals surface area contributed by atoms with E-state index in [4.69, 9.17) is 28.6 Å². The first-order chi connectivity index (χ1) is 11.7. The first-order valence-electron chi connectivity index (χ1n) is 7.51. The number of hydrogen-bond acceptors (Lipinski definition) is 4. The van der Waals surface area contributed by atoms with E-state index < -0.39 is 40.4 Å². The van der Waals surface area contributed by atoms with Crippen molar-refractivity contribution in [3.8, 4) is 0 Å². The quantitative estimate of drug-likeness (QED) is 0.636. The standard InChI is InChI=1S/C16H16ClF3N2O3S/c1-8-12(23)22(13(26)21(8)14(24)25-15(2,3)4)9-5-6-11(17)10(7-9)16(18,19)20/h5-8H,1-4H3. The number of anilines is 1. The molecule has 26 heavy (non-hydrogen) atoms. The topological polar surface area (TPSA) is 49.9 Å². The molecule has 1 aromatic rings. The van der Waals surface area contributed by atoms with Crippen LogP contribution in [0.2, 0.25) is 5.02 Å². The van der Waals surface area contributed by atoms with E-state index in [9.17, 15) is 22.8 Å². The van der Waals surface area contributed by atoms with Gasteiger partial charge in [-0.3, -0.25) is 9.69 Å². The Morgan fingerprint density at radius 1 is 1.27 bits per heavy atom. The van der Waals surface area contributed by atoms with Gasteiger partial charge in [0.1, 0.15) is 11.6 Å². The van der Waals surface area contributed by atoms with Crippen LogP contribution in [0, 0.1) is 0 Å². The second-order valence-corrected chi connectivity index (χ2v) is 7.42. The first-order valence-corrected chi connectivity index (χ1v) is 8.29. The molecule has 0 spiro atoms. The van der Waals surface area contributed by atoms with Crippen molar-refractivity contribution in [1.82, 2.24) is 4.90 Å². The minimum atomic E-state index is -4.70. The van der Waals surface area contributed by atoms with Gasteiger partial charge in [-0.25, -0.2) is 9.69 Å². The number of rotatable bonds is 1. The summed E-state index contributed by atoms with van der Waals surface area (Å²) in [5.74, 6) is -0.642. The van der Waals surface area contributed by atoms with Gasteiger partial charge in [-0.1, -0.05) is 11.6 Å². The van der Waals surface area contributed by atoms with Crippen LogP contribution in [-0.4, -0.2) is 33.7 Å². The average Bonchev–Trinajstić information content (AvgIpc) is 2.67. The van der Waals surface area contributed by atoms with E-state index >= 15 is 0 Å². The number of carbonyl (C=O) groups excluding carboxylic acids is 2. The molecule has 142 valence electrons. The summed E-state index contributed by atoms with van der Waals surface area (Å²) in [6.45, 7) is 6.34. The van der Waals surface area contributed by atoms with Crippen LogP contribution < -0.4 is 4.90 Å². The number of alkyl halides is 3. The zero-order valence-electron chi connectivity index (χ0n) is 14.3. The van der Waals surface area contributed by atoms with Crippen molar-refractivity contribution < 1.29 is 27.5 Å². The lowest BCUT2D eigenvalue weighted by Gasteiger charge is -2.26. The number of nitrogens with zero attached hydrogens (tertiary/aromatic N) is 2. The van der Waals surface area contributed by atoms with Crippen LogP contribution in [0.4, 0.5) is 23.7 Å². The van der Waals surface area contributed by atoms with E-state index in [0.29, 0.717) is 0 Å². The molecule has 2 rings (SSSR count). The number of amides is 2. The van der Waals surface area contributed by atoms with Gasteiger partial charge in [0, 0.05) is 0 Å². The van der Waals surface area contributed by atoms with Crippen molar-refractivity contribution in [2.45, 2.75) is 45.5 Å². The molecule has 1 fully saturated rings. The molecule has 2 amide bonds. The maximum atomic E-state index is 13.1. The number of carbonyl (C=O) groups is 2. The monoisotopic (exact) mass is 408 g/mol. The average molecular weight is 409 g/mol. The predicted molar refractivity (Wildman–Crippen MR) is 94.1 cm³/mol. The lowest BCUT2D eigenvalue weighted by Crippen LogP contribution is -2.42. The Balaban J connectivity index is 2.42. The third-order valence-electron chi connectivity index (χ3n) is 3.47. The molecule has 10 heteroatoms. The highest BCUT2D eigenvalue weighted by Gasteiger charge is 2.46. The minimum absolute atomic E-state index is 0.130. The molecule has 0 bridgehead atoms. The van der Waals surface area contributed by atoms with Gasteiger partial charge >= 0.3 is 12.3 Å². The van der Waals surface area contributed by atoms with E-state index in [0.717, 1.165) is 21.9 Å². The van der Waals surface area contributed by atoms with E-state index in [1.54, 1.807) is 20.8 Å². The summed E-state index contributed by atoms with van der Waals surface area (Å²) in [5.41, 5.74) is -2.06. The molecule has 1 heterocycles. The molecule has 1 saturated heterocycles. The Hall–Kier alpha value is -1.87. The fourth-order valence-electron chi connectivity index (χ4n) is 2.32. The Kier molecular flexibility index (Phi) is 5.26. The zero-order chi connectivity index (χ0) is 20.0. The number of hydrogen-bond donors (Lipinski definition) is 0. The Morgan fingerprint density at radius 2 is 1.85 bits per heavy atom. The number of benzene rings is 1. The van der Waals surface area contributed by atoms with Crippen molar-refractivity contribution in [1.29, 1.82) is 0 Å². The van der Waals surface area contributed by atoms with Crippen molar-refractivity contribution in [3.05, 3.63) is 28.8 Å². The predicted octanol–water partition coefficient (Wildman–Crippen LogP) is 4.62. The lowest BCUT2D eigenvalue weighted by molar-refractivity contribution is -0.137. The lowest BCUT2D eigenvalue weighted by atomic mass is 10.1. The van der Waals surface area contributed by atoms with Gasteiger partial charge in [0.15, 0.2) is 5.11 Å². The largest absolute Gasteiger partial charge is 0.443 e.